The summed E-state index contributed by atoms with van der Waals surface area (Å²) in [7, 11) is -0.831. The molecule has 4 heteroatoms. The van der Waals surface area contributed by atoms with Gasteiger partial charge in [0, 0.05) is 12.1 Å². The Kier molecular flexibility index (Phi) is 2.79. The molecule has 2 bridgehead atoms. The highest BCUT2D eigenvalue weighted by molar-refractivity contribution is 6.71. The van der Waals surface area contributed by atoms with Crippen LogP contribution in [0.4, 0.5) is 0 Å². The van der Waals surface area contributed by atoms with Crippen molar-refractivity contribution in [1.29, 1.82) is 0 Å². The van der Waals surface area contributed by atoms with E-state index in [4.69, 9.17) is 8.54 Å². The molecule has 86 valence electrons. The maximum atomic E-state index is 6.20. The lowest BCUT2D eigenvalue weighted by Gasteiger charge is -2.41. The molecular formula is C11H22O2Si2. The Morgan fingerprint density at radius 3 is 2.67 bits per heavy atom. The lowest BCUT2D eigenvalue weighted by atomic mass is 10.0. The predicted octanol–water partition coefficient (Wildman–Crippen LogP) is 1.73. The van der Waals surface area contributed by atoms with Crippen LogP contribution in [0.15, 0.2) is 0 Å². The summed E-state index contributed by atoms with van der Waals surface area (Å²) in [5.41, 5.74) is 0.869. The zero-order valence-corrected chi connectivity index (χ0v) is 12.7. The number of hydrogen-bond acceptors (Lipinski definition) is 2. The lowest BCUT2D eigenvalue weighted by Crippen LogP contribution is -2.50. The Labute approximate surface area is 96.5 Å². The van der Waals surface area contributed by atoms with E-state index >= 15 is 0 Å². The summed E-state index contributed by atoms with van der Waals surface area (Å²) in [6.45, 7) is 0.988. The van der Waals surface area contributed by atoms with Gasteiger partial charge in [-0.25, -0.2) is 0 Å². The van der Waals surface area contributed by atoms with Crippen molar-refractivity contribution in [2.45, 2.75) is 50.1 Å². The molecule has 3 rings (SSSR count). The first kappa shape index (κ1) is 10.5. The summed E-state index contributed by atoms with van der Waals surface area (Å²) >= 11 is 0. The minimum Gasteiger partial charge on any atom is -0.444 e. The van der Waals surface area contributed by atoms with Gasteiger partial charge in [0.15, 0.2) is 0 Å². The topological polar surface area (TPSA) is 18.5 Å². The largest absolute Gasteiger partial charge is 0.444 e. The maximum Gasteiger partial charge on any atom is 0.330 e. The third kappa shape index (κ3) is 1.66. The van der Waals surface area contributed by atoms with E-state index in [1.165, 1.54) is 44.6 Å². The average molecular weight is 242 g/mol. The van der Waals surface area contributed by atoms with E-state index in [0.29, 0.717) is 0 Å². The summed E-state index contributed by atoms with van der Waals surface area (Å²) in [6.07, 6.45) is 8.53. The van der Waals surface area contributed by atoms with Crippen LogP contribution in [0.3, 0.4) is 0 Å². The van der Waals surface area contributed by atoms with Gasteiger partial charge in [-0.3, -0.25) is 0 Å². The Balaban J connectivity index is 1.77. The molecule has 0 spiro atoms. The van der Waals surface area contributed by atoms with Crippen LogP contribution in [0, 0.1) is 11.8 Å². The Hall–Kier alpha value is 0.354. The molecular weight excluding hydrogens is 220 g/mol. The lowest BCUT2D eigenvalue weighted by molar-refractivity contribution is 0.190. The standard InChI is InChI=1S/C11H22O2Si2/c14-13-15(6-2-1-5-12-15)11-8-9-3-4-10(11)7-9/h9-11H,1-8H2,14H3. The summed E-state index contributed by atoms with van der Waals surface area (Å²) < 4.78 is 12.3. The fourth-order valence-electron chi connectivity index (χ4n) is 4.18. The van der Waals surface area contributed by atoms with Gasteiger partial charge in [-0.15, -0.1) is 0 Å². The van der Waals surface area contributed by atoms with E-state index in [0.717, 1.165) is 34.5 Å². The predicted molar refractivity (Wildman–Crippen MR) is 66.0 cm³/mol. The Morgan fingerprint density at radius 2 is 2.13 bits per heavy atom. The van der Waals surface area contributed by atoms with Crippen LogP contribution in [-0.2, 0) is 8.54 Å². The van der Waals surface area contributed by atoms with E-state index in [1.54, 1.807) is 0 Å². The van der Waals surface area contributed by atoms with Gasteiger partial charge in [-0.2, -0.15) is 0 Å². The molecule has 1 heterocycles. The molecule has 1 aliphatic heterocycles. The van der Waals surface area contributed by atoms with E-state index in [-0.39, 0.29) is 0 Å². The van der Waals surface area contributed by atoms with Gasteiger partial charge >= 0.3 is 8.56 Å². The normalized spacial score (nSPS) is 50.0. The fraction of sp³-hybridized carbons (Fsp3) is 1.00. The van der Waals surface area contributed by atoms with Crippen LogP contribution < -0.4 is 0 Å². The molecule has 2 saturated carbocycles. The minimum absolute atomic E-state index is 0.869. The molecule has 4 unspecified atom stereocenters. The smallest absolute Gasteiger partial charge is 0.330 e. The van der Waals surface area contributed by atoms with Gasteiger partial charge < -0.3 is 8.54 Å². The molecule has 4 atom stereocenters. The first-order chi connectivity index (χ1) is 7.34. The molecule has 3 aliphatic rings. The highest BCUT2D eigenvalue weighted by atomic mass is 28.4. The summed E-state index contributed by atoms with van der Waals surface area (Å²) in [5.74, 6) is 2.01. The van der Waals surface area contributed by atoms with Crippen molar-refractivity contribution >= 4 is 19.0 Å². The minimum atomic E-state index is -1.72. The van der Waals surface area contributed by atoms with Gasteiger partial charge in [0.1, 0.15) is 10.5 Å². The van der Waals surface area contributed by atoms with E-state index in [9.17, 15) is 0 Å². The third-order valence-electron chi connectivity index (χ3n) is 4.91. The molecule has 0 aromatic heterocycles. The van der Waals surface area contributed by atoms with Crippen LogP contribution in [0.2, 0.25) is 11.6 Å². The first-order valence-corrected chi connectivity index (χ1v) is 9.45. The van der Waals surface area contributed by atoms with Gasteiger partial charge in [0.25, 0.3) is 0 Å². The molecule has 3 fully saturated rings. The number of fused-ring (bicyclic) bond motifs is 2. The highest BCUT2D eigenvalue weighted by Crippen LogP contribution is 2.57. The molecule has 2 aliphatic carbocycles. The van der Waals surface area contributed by atoms with Crippen molar-refractivity contribution in [1.82, 2.24) is 0 Å². The molecule has 0 amide bonds. The maximum absolute atomic E-state index is 6.20. The molecule has 15 heavy (non-hydrogen) atoms. The monoisotopic (exact) mass is 242 g/mol. The third-order valence-corrected chi connectivity index (χ3v) is 11.3. The quantitative estimate of drug-likeness (QED) is 0.687. The van der Waals surface area contributed by atoms with Crippen molar-refractivity contribution in [3.63, 3.8) is 0 Å². The van der Waals surface area contributed by atoms with Crippen LogP contribution in [0.1, 0.15) is 38.5 Å². The molecule has 0 aromatic rings. The second kappa shape index (κ2) is 3.98. The molecule has 0 radical (unpaired) electrons. The Morgan fingerprint density at radius 1 is 1.20 bits per heavy atom. The van der Waals surface area contributed by atoms with Gasteiger partial charge in [-0.1, -0.05) is 12.8 Å². The van der Waals surface area contributed by atoms with Gasteiger partial charge in [0.2, 0.25) is 0 Å². The summed E-state index contributed by atoms with van der Waals surface area (Å²) in [5, 5.41) is 0. The zero-order chi connectivity index (χ0) is 10.3. The van der Waals surface area contributed by atoms with E-state index in [2.05, 4.69) is 0 Å². The van der Waals surface area contributed by atoms with Crippen LogP contribution in [-0.4, -0.2) is 25.7 Å². The van der Waals surface area contributed by atoms with Crippen LogP contribution in [0.5, 0.6) is 0 Å². The van der Waals surface area contributed by atoms with Gasteiger partial charge in [0.05, 0.1) is 0 Å². The first-order valence-electron chi connectivity index (χ1n) is 6.53. The van der Waals surface area contributed by atoms with Crippen LogP contribution >= 0.6 is 0 Å². The van der Waals surface area contributed by atoms with Crippen molar-refractivity contribution in [3.05, 3.63) is 0 Å². The highest BCUT2D eigenvalue weighted by Gasteiger charge is 2.54. The second-order valence-corrected chi connectivity index (χ2v) is 10.4. The van der Waals surface area contributed by atoms with Crippen molar-refractivity contribution in [2.24, 2.45) is 11.8 Å². The molecule has 1 saturated heterocycles. The van der Waals surface area contributed by atoms with Crippen molar-refractivity contribution in [2.75, 3.05) is 6.61 Å². The van der Waals surface area contributed by atoms with Crippen LogP contribution in [0.25, 0.3) is 0 Å². The molecule has 0 aromatic carbocycles. The number of hydrogen-bond donors (Lipinski definition) is 0. The van der Waals surface area contributed by atoms with Crippen molar-refractivity contribution in [3.8, 4) is 0 Å². The van der Waals surface area contributed by atoms with Gasteiger partial charge in [-0.05, 0) is 43.6 Å². The fourth-order valence-corrected chi connectivity index (χ4v) is 10.4. The van der Waals surface area contributed by atoms with E-state index < -0.39 is 8.56 Å². The number of rotatable bonds is 2. The SMILES string of the molecule is [SiH3]O[Si]1(C2CC3CCC2C3)CCCCO1. The Bertz CT molecular complexity index is 241. The average Bonchev–Trinajstić information content (AvgIpc) is 2.92. The van der Waals surface area contributed by atoms with Crippen molar-refractivity contribution < 1.29 is 8.54 Å². The summed E-state index contributed by atoms with van der Waals surface area (Å²) in [6, 6.07) is 1.30. The molecule has 2 nitrogen and oxygen atoms in total. The summed E-state index contributed by atoms with van der Waals surface area (Å²) in [4.78, 5) is 0. The van der Waals surface area contributed by atoms with E-state index in [1.807, 2.05) is 0 Å². The molecule has 0 N–H and O–H groups in total. The zero-order valence-electron chi connectivity index (χ0n) is 9.71. The second-order valence-electron chi connectivity index (χ2n) is 5.60.